The van der Waals surface area contributed by atoms with Crippen LogP contribution in [-0.4, -0.2) is 6.72 Å². The van der Waals surface area contributed by atoms with Gasteiger partial charge in [-0.25, -0.2) is 4.99 Å². The zero-order valence-electron chi connectivity index (χ0n) is 10.1. The maximum Gasteiger partial charge on any atom is 0.125 e. The minimum absolute atomic E-state index is 0.480. The minimum Gasteiger partial charge on any atom is -0.384 e. The Morgan fingerprint density at radius 2 is 1.94 bits per heavy atom. The molecule has 1 aromatic carbocycles. The van der Waals surface area contributed by atoms with E-state index in [9.17, 15) is 0 Å². The molecular weight excluding hydrogens is 196 g/mol. The molecule has 2 nitrogen and oxygen atoms in total. The second-order valence-electron chi connectivity index (χ2n) is 3.87. The van der Waals surface area contributed by atoms with Crippen LogP contribution in [0, 0.1) is 6.92 Å². The highest BCUT2D eigenvalue weighted by molar-refractivity contribution is 5.68. The Hall–Kier alpha value is -1.83. The molecule has 0 unspecified atom stereocenters. The largest absolute Gasteiger partial charge is 0.384 e. The fraction of sp³-hybridized carbons (Fsp3) is 0.214. The molecule has 1 aromatic rings. The molecule has 0 aromatic heterocycles. The quantitative estimate of drug-likeness (QED) is 0.608. The van der Waals surface area contributed by atoms with Gasteiger partial charge in [0.05, 0.1) is 0 Å². The Morgan fingerprint density at radius 1 is 1.31 bits per heavy atom. The maximum atomic E-state index is 5.69. The van der Waals surface area contributed by atoms with Crippen molar-refractivity contribution in [3.8, 4) is 0 Å². The topological polar surface area (TPSA) is 38.4 Å². The highest BCUT2D eigenvalue weighted by Gasteiger charge is 2.00. The summed E-state index contributed by atoms with van der Waals surface area (Å²) in [4.78, 5) is 3.72. The summed E-state index contributed by atoms with van der Waals surface area (Å²) in [5.41, 5.74) is 10.3. The van der Waals surface area contributed by atoms with Gasteiger partial charge in [0.1, 0.15) is 5.82 Å². The van der Waals surface area contributed by atoms with Crippen molar-refractivity contribution in [2.75, 3.05) is 0 Å². The highest BCUT2D eigenvalue weighted by Crippen LogP contribution is 2.20. The zero-order chi connectivity index (χ0) is 12.1. The van der Waals surface area contributed by atoms with Crippen LogP contribution in [0.5, 0.6) is 0 Å². The van der Waals surface area contributed by atoms with Crippen molar-refractivity contribution in [1.29, 1.82) is 0 Å². The van der Waals surface area contributed by atoms with Crippen molar-refractivity contribution in [1.82, 2.24) is 0 Å². The van der Waals surface area contributed by atoms with E-state index >= 15 is 0 Å². The molecule has 16 heavy (non-hydrogen) atoms. The standard InChI is InChI=1S/C14H18N2/c1-10-7-5-6-8-13(10)11(2)9-12(3)14(15)16-4/h5-9H,4,15H2,1-3H3/b11-9+,14-12-. The van der Waals surface area contributed by atoms with Crippen LogP contribution in [0.1, 0.15) is 25.0 Å². The number of nitrogens with zero attached hydrogens (tertiary/aromatic N) is 1. The summed E-state index contributed by atoms with van der Waals surface area (Å²) in [6, 6.07) is 8.27. The Balaban J connectivity index is 3.13. The minimum atomic E-state index is 0.480. The third kappa shape index (κ3) is 2.83. The van der Waals surface area contributed by atoms with Crippen molar-refractivity contribution in [3.63, 3.8) is 0 Å². The molecular formula is C14H18N2. The Morgan fingerprint density at radius 3 is 2.50 bits per heavy atom. The average molecular weight is 214 g/mol. The molecule has 2 N–H and O–H groups in total. The first-order valence-corrected chi connectivity index (χ1v) is 5.23. The number of allylic oxidation sites excluding steroid dienone is 3. The molecule has 0 aliphatic carbocycles. The molecule has 0 aliphatic rings. The molecule has 0 saturated carbocycles. The third-order valence-corrected chi connectivity index (χ3v) is 2.58. The van der Waals surface area contributed by atoms with Crippen molar-refractivity contribution in [2.24, 2.45) is 10.7 Å². The highest BCUT2D eigenvalue weighted by atomic mass is 14.9. The van der Waals surface area contributed by atoms with Gasteiger partial charge in [0.15, 0.2) is 0 Å². The average Bonchev–Trinajstić information content (AvgIpc) is 2.28. The van der Waals surface area contributed by atoms with Gasteiger partial charge in [-0.05, 0) is 49.8 Å². The van der Waals surface area contributed by atoms with E-state index in [1.165, 1.54) is 16.7 Å². The van der Waals surface area contributed by atoms with Gasteiger partial charge in [0.25, 0.3) is 0 Å². The van der Waals surface area contributed by atoms with Crippen molar-refractivity contribution >= 4 is 12.3 Å². The summed E-state index contributed by atoms with van der Waals surface area (Å²) >= 11 is 0. The molecule has 2 heteroatoms. The van der Waals surface area contributed by atoms with E-state index in [1.54, 1.807) is 0 Å². The number of hydrogen-bond donors (Lipinski definition) is 1. The van der Waals surface area contributed by atoms with Gasteiger partial charge in [-0.1, -0.05) is 30.3 Å². The van der Waals surface area contributed by atoms with Crippen molar-refractivity contribution in [3.05, 3.63) is 52.9 Å². The number of aliphatic imine (C=N–C) groups is 1. The summed E-state index contributed by atoms with van der Waals surface area (Å²) in [6.07, 6.45) is 2.03. The number of benzene rings is 1. The van der Waals surface area contributed by atoms with Crippen LogP contribution in [-0.2, 0) is 0 Å². The molecule has 0 spiro atoms. The first-order valence-electron chi connectivity index (χ1n) is 5.23. The smallest absolute Gasteiger partial charge is 0.125 e. The van der Waals surface area contributed by atoms with E-state index in [0.29, 0.717) is 5.82 Å². The zero-order valence-corrected chi connectivity index (χ0v) is 10.1. The second kappa shape index (κ2) is 5.31. The van der Waals surface area contributed by atoms with E-state index in [2.05, 4.69) is 37.7 Å². The van der Waals surface area contributed by atoms with E-state index in [0.717, 1.165) is 5.57 Å². The fourth-order valence-corrected chi connectivity index (χ4v) is 1.62. The molecule has 84 valence electrons. The molecule has 0 heterocycles. The van der Waals surface area contributed by atoms with Crippen LogP contribution in [0.25, 0.3) is 5.57 Å². The number of nitrogens with two attached hydrogens (primary N) is 1. The molecule has 0 saturated heterocycles. The first kappa shape index (κ1) is 12.2. The molecule has 0 aliphatic heterocycles. The lowest BCUT2D eigenvalue weighted by Crippen LogP contribution is -1.96. The van der Waals surface area contributed by atoms with Gasteiger partial charge in [-0.3, -0.25) is 0 Å². The summed E-state index contributed by atoms with van der Waals surface area (Å²) in [7, 11) is 0. The van der Waals surface area contributed by atoms with Crippen LogP contribution in [0.4, 0.5) is 0 Å². The first-order chi connectivity index (χ1) is 7.56. The van der Waals surface area contributed by atoms with E-state index in [4.69, 9.17) is 5.73 Å². The molecule has 1 rings (SSSR count). The molecule has 0 atom stereocenters. The van der Waals surface area contributed by atoms with E-state index in [1.807, 2.05) is 25.1 Å². The van der Waals surface area contributed by atoms with Gasteiger partial charge in [-0.15, -0.1) is 0 Å². The Bertz CT molecular complexity index is 454. The van der Waals surface area contributed by atoms with Crippen LogP contribution >= 0.6 is 0 Å². The summed E-state index contributed by atoms with van der Waals surface area (Å²) in [5, 5.41) is 0. The van der Waals surface area contributed by atoms with E-state index < -0.39 is 0 Å². The third-order valence-electron chi connectivity index (χ3n) is 2.58. The van der Waals surface area contributed by atoms with Crippen molar-refractivity contribution < 1.29 is 0 Å². The van der Waals surface area contributed by atoms with Gasteiger partial charge in [0.2, 0.25) is 0 Å². The number of rotatable bonds is 3. The number of aryl methyl sites for hydroxylation is 1. The molecule has 0 amide bonds. The van der Waals surface area contributed by atoms with Crippen LogP contribution < -0.4 is 5.73 Å². The monoisotopic (exact) mass is 214 g/mol. The summed E-state index contributed by atoms with van der Waals surface area (Å²) < 4.78 is 0. The predicted octanol–water partition coefficient (Wildman–Crippen LogP) is 3.29. The molecule has 0 radical (unpaired) electrons. The lowest BCUT2D eigenvalue weighted by molar-refractivity contribution is 1.20. The number of hydrogen-bond acceptors (Lipinski definition) is 2. The molecule has 0 fully saturated rings. The predicted molar refractivity (Wildman–Crippen MR) is 71.3 cm³/mol. The SMILES string of the molecule is C=N/C(N)=C(C)\C=C(/C)c1ccccc1C. The second-order valence-corrected chi connectivity index (χ2v) is 3.87. The van der Waals surface area contributed by atoms with Gasteiger partial charge >= 0.3 is 0 Å². The maximum absolute atomic E-state index is 5.69. The van der Waals surface area contributed by atoms with Gasteiger partial charge in [-0.2, -0.15) is 0 Å². The van der Waals surface area contributed by atoms with Crippen LogP contribution in [0.2, 0.25) is 0 Å². The summed E-state index contributed by atoms with van der Waals surface area (Å²) in [5.74, 6) is 0.480. The lowest BCUT2D eigenvalue weighted by Gasteiger charge is -2.06. The lowest BCUT2D eigenvalue weighted by atomic mass is 10.0. The van der Waals surface area contributed by atoms with Gasteiger partial charge < -0.3 is 5.73 Å². The Labute approximate surface area is 97.2 Å². The molecule has 0 bridgehead atoms. The summed E-state index contributed by atoms with van der Waals surface area (Å²) in [6.45, 7) is 9.52. The normalized spacial score (nSPS) is 13.3. The van der Waals surface area contributed by atoms with Crippen LogP contribution in [0.15, 0.2) is 46.7 Å². The van der Waals surface area contributed by atoms with Crippen molar-refractivity contribution in [2.45, 2.75) is 20.8 Å². The van der Waals surface area contributed by atoms with Gasteiger partial charge in [0, 0.05) is 0 Å². The van der Waals surface area contributed by atoms with Crippen LogP contribution in [0.3, 0.4) is 0 Å². The fourth-order valence-electron chi connectivity index (χ4n) is 1.62. The van der Waals surface area contributed by atoms with E-state index in [-0.39, 0.29) is 0 Å². The Kier molecular flexibility index (Phi) is 4.06.